The molecule has 1 amide bonds. The Kier molecular flexibility index (Phi) is 4.92. The van der Waals surface area contributed by atoms with Crippen LogP contribution in [-0.4, -0.2) is 28.5 Å². The molecule has 136 valence electrons. The Morgan fingerprint density at radius 1 is 1.35 bits per heavy atom. The third kappa shape index (κ3) is 3.34. The number of hydrogen-bond acceptors (Lipinski definition) is 4. The Balaban J connectivity index is 1.75. The van der Waals surface area contributed by atoms with Crippen molar-refractivity contribution in [2.75, 3.05) is 18.4 Å². The third-order valence-corrected chi connectivity index (χ3v) is 5.95. The van der Waals surface area contributed by atoms with Crippen molar-refractivity contribution in [3.63, 3.8) is 0 Å². The summed E-state index contributed by atoms with van der Waals surface area (Å²) in [4.78, 5) is 16.9. The maximum Gasteiger partial charge on any atom is 0.246 e. The topological polar surface area (TPSA) is 59.0 Å². The summed E-state index contributed by atoms with van der Waals surface area (Å²) in [5.41, 5.74) is 4.18. The largest absolute Gasteiger partial charge is 0.335 e. The minimum absolute atomic E-state index is 0.104. The first-order valence-corrected chi connectivity index (χ1v) is 10.1. The number of rotatable bonds is 3. The molecule has 2 N–H and O–H groups in total. The number of nitrogens with one attached hydrogen (secondary N) is 2. The van der Waals surface area contributed by atoms with Crippen molar-refractivity contribution in [3.8, 4) is 0 Å². The van der Waals surface area contributed by atoms with Gasteiger partial charge in [-0.2, -0.15) is 0 Å². The first-order valence-electron chi connectivity index (χ1n) is 8.44. The Hall–Kier alpha value is -1.60. The molecule has 0 bridgehead atoms. The smallest absolute Gasteiger partial charge is 0.246 e. The lowest BCUT2D eigenvalue weighted by Gasteiger charge is -2.11. The number of fused-ring (bicyclic) bond motifs is 3. The number of anilines is 1. The molecule has 0 aliphatic carbocycles. The Morgan fingerprint density at radius 3 is 2.92 bits per heavy atom. The first kappa shape index (κ1) is 17.8. The van der Waals surface area contributed by atoms with E-state index in [1.165, 1.54) is 16.9 Å². The van der Waals surface area contributed by atoms with E-state index in [4.69, 9.17) is 23.2 Å². The molecule has 0 radical (unpaired) electrons. The molecule has 1 aromatic carbocycles. The lowest BCUT2D eigenvalue weighted by molar-refractivity contribution is -0.116. The van der Waals surface area contributed by atoms with E-state index in [0.717, 1.165) is 48.2 Å². The standard InChI is InChI=1S/C18H18Cl2N4OS/c1-10-9-26-18(22-10)23-16(25)8-24-14-3-5-21-4-2-12(14)17-13(20)6-11(19)7-15(17)24/h6-7,9,21H,2-5,8H2,1H3,(H,22,23,25). The summed E-state index contributed by atoms with van der Waals surface area (Å²) < 4.78 is 2.05. The van der Waals surface area contributed by atoms with Gasteiger partial charge in [-0.1, -0.05) is 23.2 Å². The molecule has 0 spiro atoms. The van der Waals surface area contributed by atoms with Gasteiger partial charge in [0.15, 0.2) is 5.13 Å². The van der Waals surface area contributed by atoms with E-state index in [0.29, 0.717) is 15.2 Å². The zero-order valence-corrected chi connectivity index (χ0v) is 16.6. The van der Waals surface area contributed by atoms with Gasteiger partial charge in [0.2, 0.25) is 5.91 Å². The second-order valence-corrected chi connectivity index (χ2v) is 8.09. The molecule has 0 saturated carbocycles. The zero-order chi connectivity index (χ0) is 18.3. The van der Waals surface area contributed by atoms with Gasteiger partial charge in [0.25, 0.3) is 0 Å². The molecule has 8 heteroatoms. The van der Waals surface area contributed by atoms with E-state index >= 15 is 0 Å². The van der Waals surface area contributed by atoms with Crippen molar-refractivity contribution in [3.05, 3.63) is 44.5 Å². The van der Waals surface area contributed by atoms with Crippen LogP contribution in [0.5, 0.6) is 0 Å². The molecule has 0 unspecified atom stereocenters. The SMILES string of the molecule is Cc1csc(NC(=O)Cn2c3c(c4c(Cl)cc(Cl)cc42)CCNCC3)n1. The Morgan fingerprint density at radius 2 is 2.15 bits per heavy atom. The van der Waals surface area contributed by atoms with Gasteiger partial charge in [0.05, 0.1) is 16.2 Å². The fourth-order valence-corrected chi connectivity index (χ4v) is 4.82. The van der Waals surface area contributed by atoms with Crippen LogP contribution >= 0.6 is 34.5 Å². The number of carbonyl (C=O) groups is 1. The van der Waals surface area contributed by atoms with Crippen LogP contribution in [0.2, 0.25) is 10.0 Å². The molecule has 5 nitrogen and oxygen atoms in total. The molecule has 0 fully saturated rings. The molecule has 0 saturated heterocycles. The molecular formula is C18H18Cl2N4OS. The molecular weight excluding hydrogens is 391 g/mol. The highest BCUT2D eigenvalue weighted by Crippen LogP contribution is 2.36. The Labute approximate surface area is 165 Å². The minimum Gasteiger partial charge on any atom is -0.335 e. The average molecular weight is 409 g/mol. The minimum atomic E-state index is -0.104. The Bertz CT molecular complexity index is 995. The summed E-state index contributed by atoms with van der Waals surface area (Å²) in [6.45, 7) is 3.89. The van der Waals surface area contributed by atoms with Crippen molar-refractivity contribution in [1.82, 2.24) is 14.9 Å². The van der Waals surface area contributed by atoms with Gasteiger partial charge in [0.1, 0.15) is 6.54 Å². The van der Waals surface area contributed by atoms with Gasteiger partial charge >= 0.3 is 0 Å². The normalized spacial score (nSPS) is 14.3. The first-order chi connectivity index (χ1) is 12.5. The molecule has 1 aliphatic heterocycles. The highest BCUT2D eigenvalue weighted by molar-refractivity contribution is 7.13. The van der Waals surface area contributed by atoms with E-state index in [1.807, 2.05) is 22.9 Å². The molecule has 0 atom stereocenters. The highest BCUT2D eigenvalue weighted by atomic mass is 35.5. The number of nitrogens with zero attached hydrogens (tertiary/aromatic N) is 2. The second-order valence-electron chi connectivity index (χ2n) is 6.39. The summed E-state index contributed by atoms with van der Waals surface area (Å²) in [7, 11) is 0. The monoisotopic (exact) mass is 408 g/mol. The number of amides is 1. The second kappa shape index (κ2) is 7.19. The van der Waals surface area contributed by atoms with E-state index < -0.39 is 0 Å². The average Bonchev–Trinajstić information content (AvgIpc) is 2.99. The molecule has 26 heavy (non-hydrogen) atoms. The van der Waals surface area contributed by atoms with Crippen LogP contribution < -0.4 is 10.6 Å². The van der Waals surface area contributed by atoms with E-state index in [9.17, 15) is 4.79 Å². The van der Waals surface area contributed by atoms with Crippen molar-refractivity contribution in [1.29, 1.82) is 0 Å². The zero-order valence-electron chi connectivity index (χ0n) is 14.2. The molecule has 3 aromatic rings. The quantitative estimate of drug-likeness (QED) is 0.687. The van der Waals surface area contributed by atoms with Crippen LogP contribution in [0, 0.1) is 6.92 Å². The third-order valence-electron chi connectivity index (χ3n) is 4.56. The molecule has 1 aliphatic rings. The van der Waals surface area contributed by atoms with Crippen LogP contribution in [0.4, 0.5) is 5.13 Å². The summed E-state index contributed by atoms with van der Waals surface area (Å²) in [6, 6.07) is 3.67. The maximum absolute atomic E-state index is 12.6. The summed E-state index contributed by atoms with van der Waals surface area (Å²) in [6.07, 6.45) is 1.73. The lowest BCUT2D eigenvalue weighted by atomic mass is 10.1. The number of carbonyl (C=O) groups excluding carboxylic acids is 1. The van der Waals surface area contributed by atoms with E-state index in [1.54, 1.807) is 6.07 Å². The number of halogens is 2. The van der Waals surface area contributed by atoms with Crippen LogP contribution in [0.15, 0.2) is 17.5 Å². The highest BCUT2D eigenvalue weighted by Gasteiger charge is 2.22. The van der Waals surface area contributed by atoms with Gasteiger partial charge in [0, 0.05) is 34.4 Å². The summed E-state index contributed by atoms with van der Waals surface area (Å²) >= 11 is 14.2. The number of aromatic nitrogens is 2. The predicted molar refractivity (Wildman–Crippen MR) is 108 cm³/mol. The fourth-order valence-electron chi connectivity index (χ4n) is 3.52. The molecule has 2 aromatic heterocycles. The van der Waals surface area contributed by atoms with Crippen molar-refractivity contribution >= 4 is 56.5 Å². The maximum atomic E-state index is 12.6. The van der Waals surface area contributed by atoms with Crippen molar-refractivity contribution < 1.29 is 4.79 Å². The van der Waals surface area contributed by atoms with Gasteiger partial charge < -0.3 is 15.2 Å². The van der Waals surface area contributed by atoms with E-state index in [2.05, 4.69) is 15.6 Å². The predicted octanol–water partition coefficient (Wildman–Crippen LogP) is 4.04. The van der Waals surface area contributed by atoms with Crippen molar-refractivity contribution in [2.24, 2.45) is 0 Å². The summed E-state index contributed by atoms with van der Waals surface area (Å²) in [5.74, 6) is -0.104. The molecule has 3 heterocycles. The summed E-state index contributed by atoms with van der Waals surface area (Å²) in [5, 5.41) is 11.0. The number of thiazole rings is 1. The number of aryl methyl sites for hydroxylation is 1. The molecule has 4 rings (SSSR count). The van der Waals surface area contributed by atoms with Gasteiger partial charge in [-0.15, -0.1) is 11.3 Å². The van der Waals surface area contributed by atoms with Crippen LogP contribution in [0.25, 0.3) is 10.9 Å². The van der Waals surface area contributed by atoms with Gasteiger partial charge in [-0.05, 0) is 37.6 Å². The van der Waals surface area contributed by atoms with Crippen LogP contribution in [0.3, 0.4) is 0 Å². The van der Waals surface area contributed by atoms with Gasteiger partial charge in [-0.25, -0.2) is 4.98 Å². The van der Waals surface area contributed by atoms with Crippen LogP contribution in [-0.2, 0) is 24.2 Å². The van der Waals surface area contributed by atoms with Gasteiger partial charge in [-0.3, -0.25) is 4.79 Å². The lowest BCUT2D eigenvalue weighted by Crippen LogP contribution is -2.21. The number of hydrogen-bond donors (Lipinski definition) is 2. The van der Waals surface area contributed by atoms with Crippen molar-refractivity contribution in [2.45, 2.75) is 26.3 Å². The number of benzene rings is 1. The fraction of sp³-hybridized carbons (Fsp3) is 0.333. The van der Waals surface area contributed by atoms with Crippen LogP contribution in [0.1, 0.15) is 17.0 Å². The van der Waals surface area contributed by atoms with E-state index in [-0.39, 0.29) is 12.5 Å².